The highest BCUT2D eigenvalue weighted by Gasteiger charge is 2.39. The monoisotopic (exact) mass is 358 g/mol. The molecule has 2 fully saturated rings. The van der Waals surface area contributed by atoms with Crippen LogP contribution in [-0.2, 0) is 11.3 Å². The van der Waals surface area contributed by atoms with Crippen molar-refractivity contribution in [3.63, 3.8) is 0 Å². The van der Waals surface area contributed by atoms with Gasteiger partial charge in [-0.05, 0) is 6.07 Å². The van der Waals surface area contributed by atoms with Gasteiger partial charge in [-0.1, -0.05) is 0 Å². The molecule has 4 rings (SSSR count). The van der Waals surface area contributed by atoms with E-state index in [9.17, 15) is 4.79 Å². The van der Waals surface area contributed by atoms with Gasteiger partial charge in [0.25, 0.3) is 5.91 Å². The van der Waals surface area contributed by atoms with Crippen LogP contribution in [0.25, 0.3) is 0 Å². The van der Waals surface area contributed by atoms with Crippen LogP contribution < -0.4 is 4.74 Å². The molecular formula is C18H22N4O4. The molecule has 0 aliphatic carbocycles. The Labute approximate surface area is 151 Å². The average Bonchev–Trinajstić information content (AvgIpc) is 3.28. The fraction of sp³-hybridized carbons (Fsp3) is 0.500. The van der Waals surface area contributed by atoms with E-state index in [-0.39, 0.29) is 23.8 Å². The molecule has 0 spiro atoms. The molecule has 2 aliphatic rings. The lowest BCUT2D eigenvalue weighted by atomic mass is 10.1. The lowest BCUT2D eigenvalue weighted by Gasteiger charge is -2.22. The van der Waals surface area contributed by atoms with Gasteiger partial charge in [-0.3, -0.25) is 9.69 Å². The Morgan fingerprint density at radius 2 is 2.15 bits per heavy atom. The molecule has 1 amide bonds. The van der Waals surface area contributed by atoms with Gasteiger partial charge in [0.1, 0.15) is 0 Å². The number of furan rings is 1. The van der Waals surface area contributed by atoms with E-state index >= 15 is 0 Å². The molecule has 8 heteroatoms. The summed E-state index contributed by atoms with van der Waals surface area (Å²) >= 11 is 0. The molecule has 2 atom stereocenters. The molecule has 26 heavy (non-hydrogen) atoms. The molecule has 0 radical (unpaired) electrons. The Balaban J connectivity index is 1.40. The van der Waals surface area contributed by atoms with Crippen LogP contribution in [0.2, 0.25) is 0 Å². The minimum Gasteiger partial charge on any atom is -0.494 e. The molecule has 138 valence electrons. The largest absolute Gasteiger partial charge is 0.494 e. The SMILES string of the molecule is COc1cnc(C(=O)N2C[C@@H]3CN(Cc4ccoc4)CCO[C@@H]3C2)nc1. The lowest BCUT2D eigenvalue weighted by Crippen LogP contribution is -2.34. The predicted molar refractivity (Wildman–Crippen MR) is 91.7 cm³/mol. The highest BCUT2D eigenvalue weighted by molar-refractivity contribution is 5.90. The number of fused-ring (bicyclic) bond motifs is 1. The second-order valence-corrected chi connectivity index (χ2v) is 6.69. The third-order valence-electron chi connectivity index (χ3n) is 4.94. The van der Waals surface area contributed by atoms with Crippen molar-refractivity contribution in [3.8, 4) is 5.75 Å². The van der Waals surface area contributed by atoms with E-state index in [1.165, 1.54) is 12.4 Å². The number of hydrogen-bond donors (Lipinski definition) is 0. The summed E-state index contributed by atoms with van der Waals surface area (Å²) in [5, 5.41) is 0. The van der Waals surface area contributed by atoms with Gasteiger partial charge in [0.15, 0.2) is 5.75 Å². The molecule has 2 saturated heterocycles. The predicted octanol–water partition coefficient (Wildman–Crippen LogP) is 1.05. The van der Waals surface area contributed by atoms with Crippen molar-refractivity contribution in [1.82, 2.24) is 19.8 Å². The summed E-state index contributed by atoms with van der Waals surface area (Å²) < 4.78 is 16.2. The van der Waals surface area contributed by atoms with Gasteiger partial charge in [-0.15, -0.1) is 0 Å². The van der Waals surface area contributed by atoms with Crippen LogP contribution in [0.3, 0.4) is 0 Å². The smallest absolute Gasteiger partial charge is 0.291 e. The highest BCUT2D eigenvalue weighted by Crippen LogP contribution is 2.25. The summed E-state index contributed by atoms with van der Waals surface area (Å²) in [6.45, 7) is 4.51. The van der Waals surface area contributed by atoms with Crippen LogP contribution in [0.4, 0.5) is 0 Å². The van der Waals surface area contributed by atoms with Crippen LogP contribution in [0.5, 0.6) is 5.75 Å². The Kier molecular flexibility index (Phi) is 4.85. The first-order valence-corrected chi connectivity index (χ1v) is 8.73. The zero-order valence-electron chi connectivity index (χ0n) is 14.7. The summed E-state index contributed by atoms with van der Waals surface area (Å²) in [4.78, 5) is 25.0. The van der Waals surface area contributed by atoms with E-state index in [2.05, 4.69) is 14.9 Å². The standard InChI is InChI=1S/C18H22N4O4/c1-24-15-6-19-17(20-7-15)18(23)22-10-14-9-21(3-5-26-16(14)11-22)8-13-2-4-25-12-13/h2,4,6-7,12,14,16H,3,5,8-11H2,1H3/t14-,16+/m0/s1. The molecule has 2 aromatic heterocycles. The second kappa shape index (κ2) is 7.43. The van der Waals surface area contributed by atoms with Crippen molar-refractivity contribution in [2.45, 2.75) is 12.6 Å². The van der Waals surface area contributed by atoms with Crippen LogP contribution in [0.1, 0.15) is 16.2 Å². The van der Waals surface area contributed by atoms with Crippen LogP contribution >= 0.6 is 0 Å². The van der Waals surface area contributed by atoms with Gasteiger partial charge in [-0.25, -0.2) is 9.97 Å². The maximum absolute atomic E-state index is 12.7. The molecule has 0 unspecified atom stereocenters. The maximum atomic E-state index is 12.7. The topological polar surface area (TPSA) is 80.9 Å². The van der Waals surface area contributed by atoms with Crippen molar-refractivity contribution >= 4 is 5.91 Å². The molecule has 0 saturated carbocycles. The maximum Gasteiger partial charge on any atom is 0.291 e. The number of methoxy groups -OCH3 is 1. The minimum atomic E-state index is -0.161. The highest BCUT2D eigenvalue weighted by atomic mass is 16.5. The molecule has 0 N–H and O–H groups in total. The van der Waals surface area contributed by atoms with E-state index in [4.69, 9.17) is 13.9 Å². The number of hydrogen-bond acceptors (Lipinski definition) is 7. The number of amides is 1. The Morgan fingerprint density at radius 1 is 1.31 bits per heavy atom. The third kappa shape index (κ3) is 3.56. The van der Waals surface area contributed by atoms with Crippen molar-refractivity contribution in [2.24, 2.45) is 5.92 Å². The number of rotatable bonds is 4. The van der Waals surface area contributed by atoms with E-state index in [0.29, 0.717) is 25.4 Å². The van der Waals surface area contributed by atoms with Crippen molar-refractivity contribution in [1.29, 1.82) is 0 Å². The zero-order chi connectivity index (χ0) is 17.9. The molecule has 0 bridgehead atoms. The number of carbonyl (C=O) groups is 1. The Morgan fingerprint density at radius 3 is 2.88 bits per heavy atom. The zero-order valence-corrected chi connectivity index (χ0v) is 14.7. The van der Waals surface area contributed by atoms with Crippen molar-refractivity contribution in [3.05, 3.63) is 42.4 Å². The van der Waals surface area contributed by atoms with Crippen LogP contribution in [0.15, 0.2) is 35.4 Å². The summed E-state index contributed by atoms with van der Waals surface area (Å²) in [7, 11) is 1.54. The Hall–Kier alpha value is -2.45. The first-order chi connectivity index (χ1) is 12.7. The van der Waals surface area contributed by atoms with Gasteiger partial charge in [0, 0.05) is 44.2 Å². The van der Waals surface area contributed by atoms with Crippen LogP contribution in [-0.4, -0.2) is 71.7 Å². The molecule has 8 nitrogen and oxygen atoms in total. The van der Waals surface area contributed by atoms with E-state index in [1.807, 2.05) is 6.07 Å². The molecule has 2 aliphatic heterocycles. The first-order valence-electron chi connectivity index (χ1n) is 8.73. The van der Waals surface area contributed by atoms with Crippen molar-refractivity contribution in [2.75, 3.05) is 39.9 Å². The molecule has 0 aromatic carbocycles. The normalized spacial score (nSPS) is 23.5. The summed E-state index contributed by atoms with van der Waals surface area (Å²) in [5.74, 6) is 0.848. The van der Waals surface area contributed by atoms with Gasteiger partial charge in [0.05, 0.1) is 44.7 Å². The van der Waals surface area contributed by atoms with Gasteiger partial charge in [-0.2, -0.15) is 0 Å². The fourth-order valence-electron chi connectivity index (χ4n) is 3.59. The average molecular weight is 358 g/mol. The van der Waals surface area contributed by atoms with Gasteiger partial charge in [0.2, 0.25) is 5.82 Å². The van der Waals surface area contributed by atoms with E-state index in [1.54, 1.807) is 24.5 Å². The minimum absolute atomic E-state index is 0.0616. The number of aromatic nitrogens is 2. The van der Waals surface area contributed by atoms with Gasteiger partial charge >= 0.3 is 0 Å². The van der Waals surface area contributed by atoms with E-state index < -0.39 is 0 Å². The number of nitrogens with zero attached hydrogens (tertiary/aromatic N) is 4. The van der Waals surface area contributed by atoms with Crippen molar-refractivity contribution < 1.29 is 18.7 Å². The molecule has 4 heterocycles. The quantitative estimate of drug-likeness (QED) is 0.808. The van der Waals surface area contributed by atoms with E-state index in [0.717, 1.165) is 25.2 Å². The van der Waals surface area contributed by atoms with Crippen LogP contribution in [0, 0.1) is 5.92 Å². The fourth-order valence-corrected chi connectivity index (χ4v) is 3.59. The summed E-state index contributed by atoms with van der Waals surface area (Å²) in [5.41, 5.74) is 1.15. The lowest BCUT2D eigenvalue weighted by molar-refractivity contribution is 0.0480. The first kappa shape index (κ1) is 17.0. The number of ether oxygens (including phenoxy) is 2. The number of carbonyl (C=O) groups excluding carboxylic acids is 1. The summed E-state index contributed by atoms with van der Waals surface area (Å²) in [6, 6.07) is 1.98. The van der Waals surface area contributed by atoms with Gasteiger partial charge < -0.3 is 18.8 Å². The number of likely N-dealkylation sites (tertiary alicyclic amines) is 1. The second-order valence-electron chi connectivity index (χ2n) is 6.69. The molecule has 2 aromatic rings. The molecular weight excluding hydrogens is 336 g/mol. The Bertz CT molecular complexity index is 734. The summed E-state index contributed by atoms with van der Waals surface area (Å²) in [6.07, 6.45) is 6.55. The third-order valence-corrected chi connectivity index (χ3v) is 4.94.